The number of pyridine rings is 2. The second-order valence-corrected chi connectivity index (χ2v) is 6.31. The van der Waals surface area contributed by atoms with Gasteiger partial charge in [-0.05, 0) is 42.8 Å². The minimum Gasteiger partial charge on any atom is -0.384 e. The Labute approximate surface area is 161 Å². The van der Waals surface area contributed by atoms with Crippen molar-refractivity contribution in [2.45, 2.75) is 6.92 Å². The van der Waals surface area contributed by atoms with E-state index in [0.29, 0.717) is 5.69 Å². The zero-order valence-electron chi connectivity index (χ0n) is 15.2. The highest BCUT2D eigenvalue weighted by molar-refractivity contribution is 5.88. The monoisotopic (exact) mass is 370 g/mol. The summed E-state index contributed by atoms with van der Waals surface area (Å²) in [7, 11) is 0. The van der Waals surface area contributed by atoms with Crippen LogP contribution in [0.5, 0.6) is 0 Å². The number of nitrogens with two attached hydrogens (primary N) is 1. The molecule has 1 aromatic carbocycles. The van der Waals surface area contributed by atoms with Crippen molar-refractivity contribution in [1.29, 1.82) is 0 Å². The first-order chi connectivity index (χ1) is 13.6. The van der Waals surface area contributed by atoms with Gasteiger partial charge in [0, 0.05) is 35.8 Å². The third-order valence-electron chi connectivity index (χ3n) is 4.19. The van der Waals surface area contributed by atoms with E-state index in [4.69, 9.17) is 5.73 Å². The number of benzene rings is 1. The van der Waals surface area contributed by atoms with Gasteiger partial charge in [0.05, 0.1) is 11.9 Å². The molecule has 138 valence electrons. The minimum atomic E-state index is -0.285. The van der Waals surface area contributed by atoms with Crippen molar-refractivity contribution in [2.75, 3.05) is 5.73 Å². The lowest BCUT2D eigenvalue weighted by Crippen LogP contribution is -2.19. The molecule has 0 saturated carbocycles. The summed E-state index contributed by atoms with van der Waals surface area (Å²) < 4.78 is 2.94. The number of hydrogen-bond donors (Lipinski definition) is 1. The fourth-order valence-electron chi connectivity index (χ4n) is 2.88. The van der Waals surface area contributed by atoms with Crippen molar-refractivity contribution < 1.29 is 0 Å². The average molecular weight is 370 g/mol. The Morgan fingerprint density at radius 2 is 1.93 bits per heavy atom. The fourth-order valence-corrected chi connectivity index (χ4v) is 2.88. The third-order valence-corrected chi connectivity index (χ3v) is 4.19. The standard InChI is InChI=1S/C21H18N6O/c1-15-10-19(22)27(20(28)11-15)24-13-17-14-26(18-7-3-2-4-8-18)25-21(17)16-6-5-9-23-12-16/h2-14H,22H2,1H3/b24-13-. The van der Waals surface area contributed by atoms with Crippen LogP contribution in [0, 0.1) is 6.92 Å². The molecule has 3 aromatic heterocycles. The van der Waals surface area contributed by atoms with Crippen LogP contribution in [0.25, 0.3) is 16.9 Å². The molecule has 0 aliphatic heterocycles. The summed E-state index contributed by atoms with van der Waals surface area (Å²) in [5.41, 5.74) is 9.67. The van der Waals surface area contributed by atoms with Gasteiger partial charge < -0.3 is 5.73 Å². The SMILES string of the molecule is Cc1cc(N)n(/N=C\c2cn(-c3ccccc3)nc2-c2cccnc2)c(=O)c1. The highest BCUT2D eigenvalue weighted by Gasteiger charge is 2.11. The van der Waals surface area contributed by atoms with Crippen molar-refractivity contribution in [1.82, 2.24) is 19.4 Å². The topological polar surface area (TPSA) is 91.1 Å². The van der Waals surface area contributed by atoms with Crippen LogP contribution in [0.4, 0.5) is 5.82 Å². The maximum absolute atomic E-state index is 12.2. The van der Waals surface area contributed by atoms with Gasteiger partial charge in [0.15, 0.2) is 0 Å². The van der Waals surface area contributed by atoms with E-state index in [1.54, 1.807) is 29.4 Å². The molecule has 0 fully saturated rings. The highest BCUT2D eigenvalue weighted by Crippen LogP contribution is 2.22. The molecule has 4 aromatic rings. The number of aromatic nitrogens is 4. The van der Waals surface area contributed by atoms with Gasteiger partial charge >= 0.3 is 0 Å². The van der Waals surface area contributed by atoms with E-state index in [0.717, 1.165) is 22.4 Å². The van der Waals surface area contributed by atoms with E-state index in [2.05, 4.69) is 15.2 Å². The van der Waals surface area contributed by atoms with Crippen LogP contribution < -0.4 is 11.3 Å². The van der Waals surface area contributed by atoms with Gasteiger partial charge in [-0.15, -0.1) is 0 Å². The lowest BCUT2D eigenvalue weighted by molar-refractivity contribution is 0.843. The maximum atomic E-state index is 12.2. The summed E-state index contributed by atoms with van der Waals surface area (Å²) in [5, 5.41) is 8.98. The summed E-state index contributed by atoms with van der Waals surface area (Å²) in [6.07, 6.45) is 6.89. The predicted octanol–water partition coefficient (Wildman–Crippen LogP) is 2.87. The van der Waals surface area contributed by atoms with Crippen LogP contribution in [0.1, 0.15) is 11.1 Å². The largest absolute Gasteiger partial charge is 0.384 e. The molecular weight excluding hydrogens is 352 g/mol. The lowest BCUT2D eigenvalue weighted by Gasteiger charge is -2.03. The van der Waals surface area contributed by atoms with Crippen LogP contribution in [-0.4, -0.2) is 25.7 Å². The first-order valence-corrected chi connectivity index (χ1v) is 8.71. The molecular formula is C21H18N6O. The fraction of sp³-hybridized carbons (Fsp3) is 0.0476. The van der Waals surface area contributed by atoms with Gasteiger partial charge in [-0.25, -0.2) is 4.68 Å². The minimum absolute atomic E-state index is 0.277. The van der Waals surface area contributed by atoms with E-state index in [1.165, 1.54) is 10.7 Å². The molecule has 0 saturated heterocycles. The smallest absolute Gasteiger partial charge is 0.273 e. The van der Waals surface area contributed by atoms with Gasteiger partial charge in [0.25, 0.3) is 5.56 Å². The first-order valence-electron chi connectivity index (χ1n) is 8.71. The van der Waals surface area contributed by atoms with Crippen molar-refractivity contribution in [2.24, 2.45) is 5.10 Å². The molecule has 0 aliphatic rings. The summed E-state index contributed by atoms with van der Waals surface area (Å²) >= 11 is 0. The molecule has 0 unspecified atom stereocenters. The molecule has 0 spiro atoms. The second kappa shape index (κ2) is 7.32. The van der Waals surface area contributed by atoms with Crippen molar-refractivity contribution in [3.63, 3.8) is 0 Å². The van der Waals surface area contributed by atoms with E-state index in [9.17, 15) is 4.79 Å². The molecule has 0 atom stereocenters. The number of hydrogen-bond acceptors (Lipinski definition) is 5. The van der Waals surface area contributed by atoms with Crippen LogP contribution in [0.3, 0.4) is 0 Å². The van der Waals surface area contributed by atoms with Gasteiger partial charge in [-0.3, -0.25) is 9.78 Å². The van der Waals surface area contributed by atoms with E-state index in [1.807, 2.05) is 55.6 Å². The quantitative estimate of drug-likeness (QED) is 0.559. The summed E-state index contributed by atoms with van der Waals surface area (Å²) in [6, 6.07) is 16.7. The van der Waals surface area contributed by atoms with Crippen molar-refractivity contribution >= 4 is 12.0 Å². The number of para-hydroxylation sites is 1. The molecule has 4 rings (SSSR count). The zero-order valence-corrected chi connectivity index (χ0v) is 15.2. The van der Waals surface area contributed by atoms with Gasteiger partial charge in [-0.1, -0.05) is 18.2 Å². The van der Waals surface area contributed by atoms with Gasteiger partial charge in [-0.2, -0.15) is 14.9 Å². The van der Waals surface area contributed by atoms with Crippen LogP contribution >= 0.6 is 0 Å². The molecule has 0 amide bonds. The Morgan fingerprint density at radius 3 is 2.64 bits per heavy atom. The van der Waals surface area contributed by atoms with Crippen molar-refractivity contribution in [3.8, 4) is 16.9 Å². The van der Waals surface area contributed by atoms with Crippen molar-refractivity contribution in [3.05, 3.63) is 94.7 Å². The van der Waals surface area contributed by atoms with Gasteiger partial charge in [0.2, 0.25) is 0 Å². The molecule has 28 heavy (non-hydrogen) atoms. The Bertz CT molecular complexity index is 1190. The third kappa shape index (κ3) is 3.45. The second-order valence-electron chi connectivity index (χ2n) is 6.31. The van der Waals surface area contributed by atoms with Crippen LogP contribution in [0.2, 0.25) is 0 Å². The molecule has 2 N–H and O–H groups in total. The normalized spacial score (nSPS) is 11.2. The Balaban J connectivity index is 1.82. The van der Waals surface area contributed by atoms with Gasteiger partial charge in [0.1, 0.15) is 11.5 Å². The number of anilines is 1. The first kappa shape index (κ1) is 17.4. The zero-order chi connectivity index (χ0) is 19.5. The Kier molecular flexibility index (Phi) is 4.55. The predicted molar refractivity (Wildman–Crippen MR) is 110 cm³/mol. The van der Waals surface area contributed by atoms with E-state index >= 15 is 0 Å². The number of nitrogens with zero attached hydrogens (tertiary/aromatic N) is 5. The van der Waals surface area contributed by atoms with Crippen LogP contribution in [0.15, 0.2) is 83.1 Å². The summed E-state index contributed by atoms with van der Waals surface area (Å²) in [6.45, 7) is 1.82. The van der Waals surface area contributed by atoms with E-state index < -0.39 is 0 Å². The lowest BCUT2D eigenvalue weighted by atomic mass is 10.1. The maximum Gasteiger partial charge on any atom is 0.273 e. The highest BCUT2D eigenvalue weighted by atomic mass is 16.1. The molecule has 7 heteroatoms. The summed E-state index contributed by atoms with van der Waals surface area (Å²) in [5.74, 6) is 0.277. The number of rotatable bonds is 4. The Morgan fingerprint density at radius 1 is 1.11 bits per heavy atom. The number of aryl methyl sites for hydroxylation is 1. The summed E-state index contributed by atoms with van der Waals surface area (Å²) in [4.78, 5) is 16.4. The molecule has 0 aliphatic carbocycles. The van der Waals surface area contributed by atoms with Crippen LogP contribution in [-0.2, 0) is 0 Å². The molecule has 7 nitrogen and oxygen atoms in total. The Hall–Kier alpha value is -4.00. The molecule has 0 bridgehead atoms. The molecule has 0 radical (unpaired) electrons. The molecule has 3 heterocycles. The average Bonchev–Trinajstić information content (AvgIpc) is 3.13. The van der Waals surface area contributed by atoms with E-state index in [-0.39, 0.29) is 11.4 Å². The number of nitrogen functional groups attached to an aromatic ring is 1.